The van der Waals surface area contributed by atoms with Crippen molar-refractivity contribution in [1.82, 2.24) is 20.6 Å². The topological polar surface area (TPSA) is 115 Å². The molecule has 3 atom stereocenters. The van der Waals surface area contributed by atoms with Crippen LogP contribution in [0.15, 0.2) is 60.8 Å². The van der Waals surface area contributed by atoms with Crippen molar-refractivity contribution in [1.29, 1.82) is 5.26 Å². The first-order valence-corrected chi connectivity index (χ1v) is 11.1. The van der Waals surface area contributed by atoms with Crippen molar-refractivity contribution in [2.45, 2.75) is 24.7 Å². The molecule has 2 aromatic carbocycles. The van der Waals surface area contributed by atoms with E-state index in [9.17, 15) is 10.4 Å². The number of aromatic nitrogens is 2. The Hall–Kier alpha value is -2.46. The summed E-state index contributed by atoms with van der Waals surface area (Å²) in [7, 11) is 1.91. The molecule has 0 amide bonds. The van der Waals surface area contributed by atoms with Crippen molar-refractivity contribution in [3.8, 4) is 23.1 Å². The minimum Gasteiger partial charge on any atom is -0.484 e. The van der Waals surface area contributed by atoms with Gasteiger partial charge in [0.2, 0.25) is 5.95 Å². The Morgan fingerprint density at radius 3 is 2.58 bits per heavy atom. The Labute approximate surface area is 233 Å². The van der Waals surface area contributed by atoms with Crippen LogP contribution in [0.4, 0.5) is 5.95 Å². The van der Waals surface area contributed by atoms with Crippen molar-refractivity contribution < 1.29 is 9.84 Å². The highest BCUT2D eigenvalue weighted by atomic mass is 32.1. The molecule has 0 aliphatic carbocycles. The lowest BCUT2D eigenvalue weighted by atomic mass is 10.0. The van der Waals surface area contributed by atoms with Crippen LogP contribution in [0.5, 0.6) is 5.75 Å². The van der Waals surface area contributed by atoms with Gasteiger partial charge in [-0.25, -0.2) is 9.97 Å². The molecule has 1 aliphatic heterocycles. The zero-order chi connectivity index (χ0) is 23.0. The summed E-state index contributed by atoms with van der Waals surface area (Å²) < 4.78 is 6.30. The minimum absolute atomic E-state index is 0. The molecule has 2 heterocycles. The van der Waals surface area contributed by atoms with Crippen molar-refractivity contribution in [2.75, 3.05) is 32.0 Å². The van der Waals surface area contributed by atoms with Gasteiger partial charge in [0.25, 0.3) is 0 Å². The molecule has 0 spiro atoms. The van der Waals surface area contributed by atoms with Gasteiger partial charge in [-0.3, -0.25) is 0 Å². The maximum Gasteiger partial charge on any atom is 0.223 e. The molecule has 0 saturated carbocycles. The van der Waals surface area contributed by atoms with E-state index in [2.05, 4.69) is 32.0 Å². The number of aliphatic hydroxyl groups is 1. The Balaban J connectivity index is 0.00000216. The molecule has 36 heavy (non-hydrogen) atoms. The SMILES string of the molecule is CNCC[C@H](Oc1ccc(-c2ccnc(N[C@H]3CNC[C@@H]3O)n2)cc1C#N)c1ccccc1.S.S.S. The number of nitriles is 1. The van der Waals surface area contributed by atoms with E-state index in [-0.39, 0.29) is 52.6 Å². The van der Waals surface area contributed by atoms with Gasteiger partial charge >= 0.3 is 0 Å². The second-order valence-corrected chi connectivity index (χ2v) is 7.97. The molecule has 1 aromatic heterocycles. The first-order valence-electron chi connectivity index (χ1n) is 11.1. The zero-order valence-corrected chi connectivity index (χ0v) is 23.0. The number of hydrogen-bond acceptors (Lipinski definition) is 8. The summed E-state index contributed by atoms with van der Waals surface area (Å²) >= 11 is 0. The Morgan fingerprint density at radius 1 is 1.14 bits per heavy atom. The van der Waals surface area contributed by atoms with Crippen LogP contribution < -0.4 is 20.7 Å². The van der Waals surface area contributed by atoms with Gasteiger partial charge in [-0.2, -0.15) is 45.7 Å². The van der Waals surface area contributed by atoms with E-state index in [1.807, 2.05) is 49.5 Å². The van der Waals surface area contributed by atoms with E-state index in [1.165, 1.54) is 0 Å². The number of nitrogens with one attached hydrogen (secondary N) is 3. The largest absolute Gasteiger partial charge is 0.484 e. The highest BCUT2D eigenvalue weighted by Crippen LogP contribution is 2.30. The number of aliphatic hydroxyl groups excluding tert-OH is 1. The number of nitrogens with zero attached hydrogens (tertiary/aromatic N) is 3. The average molecular weight is 547 g/mol. The van der Waals surface area contributed by atoms with Crippen LogP contribution in [-0.2, 0) is 0 Å². The molecular weight excluding hydrogens is 513 g/mol. The lowest BCUT2D eigenvalue weighted by Gasteiger charge is -2.20. The van der Waals surface area contributed by atoms with Gasteiger partial charge in [0.05, 0.1) is 23.4 Å². The molecule has 8 nitrogen and oxygen atoms in total. The van der Waals surface area contributed by atoms with Gasteiger partial charge in [-0.05, 0) is 43.4 Å². The summed E-state index contributed by atoms with van der Waals surface area (Å²) in [5.41, 5.74) is 2.99. The Morgan fingerprint density at radius 2 is 1.92 bits per heavy atom. The monoisotopic (exact) mass is 546 g/mol. The molecule has 4 rings (SSSR count). The summed E-state index contributed by atoms with van der Waals surface area (Å²) in [6.45, 7) is 1.99. The van der Waals surface area contributed by atoms with E-state index in [0.717, 1.165) is 24.1 Å². The third-order valence-corrected chi connectivity index (χ3v) is 5.65. The first-order chi connectivity index (χ1) is 16.2. The van der Waals surface area contributed by atoms with Crippen LogP contribution in [-0.4, -0.2) is 53.9 Å². The molecule has 1 saturated heterocycles. The molecule has 3 aromatic rings. The summed E-state index contributed by atoms with van der Waals surface area (Å²) in [6, 6.07) is 19.4. The summed E-state index contributed by atoms with van der Waals surface area (Å²) in [6.07, 6.45) is 1.78. The summed E-state index contributed by atoms with van der Waals surface area (Å²) in [5.74, 6) is 0.981. The summed E-state index contributed by atoms with van der Waals surface area (Å²) in [4.78, 5) is 8.84. The van der Waals surface area contributed by atoms with Gasteiger partial charge < -0.3 is 25.8 Å². The standard InChI is InChI=1S/C25H28N6O2.3H2S/c1-27-11-10-24(17-5-3-2-4-6-17)33-23-8-7-18(13-19(23)14-26)20-9-12-29-25(30-20)31-21-15-28-16-22(21)32;;;/h2-9,12-13,21-22,24,27-28,32H,10-11,15-16H2,1H3,(H,29,30,31);3*1H2/t21-,22-,24-;;;/m0.../s1. The number of rotatable bonds is 9. The normalized spacial score (nSPS) is 16.9. The highest BCUT2D eigenvalue weighted by molar-refractivity contribution is 7.59. The maximum absolute atomic E-state index is 10.0. The number of ether oxygens (including phenoxy) is 1. The number of anilines is 1. The number of hydrogen-bond donors (Lipinski definition) is 4. The zero-order valence-electron chi connectivity index (χ0n) is 20.0. The number of benzene rings is 2. The molecule has 0 unspecified atom stereocenters. The quantitative estimate of drug-likeness (QED) is 0.324. The summed E-state index contributed by atoms with van der Waals surface area (Å²) in [5, 5.41) is 29.3. The van der Waals surface area contributed by atoms with E-state index in [0.29, 0.717) is 36.0 Å². The predicted molar refractivity (Wildman–Crippen MR) is 158 cm³/mol. The van der Waals surface area contributed by atoms with Crippen LogP contribution in [0, 0.1) is 11.3 Å². The van der Waals surface area contributed by atoms with Crippen LogP contribution in [0.25, 0.3) is 11.3 Å². The number of β-amino-alcohol motifs (C(OH)–C–C–N with tert-alkyl or cyclic N) is 1. The minimum atomic E-state index is -0.487. The second kappa shape index (κ2) is 15.6. The fraction of sp³-hybridized carbons (Fsp3) is 0.320. The highest BCUT2D eigenvalue weighted by Gasteiger charge is 2.25. The van der Waals surface area contributed by atoms with E-state index in [4.69, 9.17) is 4.74 Å². The second-order valence-electron chi connectivity index (χ2n) is 7.97. The van der Waals surface area contributed by atoms with Gasteiger partial charge in [-0.1, -0.05) is 30.3 Å². The van der Waals surface area contributed by atoms with Gasteiger partial charge in [-0.15, -0.1) is 0 Å². The molecule has 11 heteroatoms. The van der Waals surface area contributed by atoms with Crippen molar-refractivity contribution >= 4 is 46.4 Å². The van der Waals surface area contributed by atoms with E-state index in [1.54, 1.807) is 18.3 Å². The fourth-order valence-electron chi connectivity index (χ4n) is 3.84. The Bertz CT molecular complexity index is 1120. The Kier molecular flexibility index (Phi) is 13.7. The van der Waals surface area contributed by atoms with Crippen molar-refractivity contribution in [3.05, 3.63) is 71.9 Å². The lowest BCUT2D eigenvalue weighted by Crippen LogP contribution is -2.32. The van der Waals surface area contributed by atoms with Crippen molar-refractivity contribution in [3.63, 3.8) is 0 Å². The molecule has 1 aliphatic rings. The molecule has 4 N–H and O–H groups in total. The smallest absolute Gasteiger partial charge is 0.223 e. The lowest BCUT2D eigenvalue weighted by molar-refractivity contribution is 0.185. The van der Waals surface area contributed by atoms with Crippen LogP contribution in [0.2, 0.25) is 0 Å². The van der Waals surface area contributed by atoms with Gasteiger partial charge in [0, 0.05) is 31.3 Å². The molecule has 194 valence electrons. The molecule has 0 radical (unpaired) electrons. The molecule has 1 fully saturated rings. The fourth-order valence-corrected chi connectivity index (χ4v) is 3.84. The molecular formula is C25H34N6O2S3. The van der Waals surface area contributed by atoms with Crippen LogP contribution in [0.3, 0.4) is 0 Å². The van der Waals surface area contributed by atoms with Crippen LogP contribution >= 0.6 is 40.5 Å². The average Bonchev–Trinajstić information content (AvgIpc) is 3.26. The van der Waals surface area contributed by atoms with Gasteiger partial charge in [0.1, 0.15) is 17.9 Å². The maximum atomic E-state index is 10.0. The predicted octanol–water partition coefficient (Wildman–Crippen LogP) is 2.83. The third-order valence-electron chi connectivity index (χ3n) is 5.65. The molecule has 0 bridgehead atoms. The van der Waals surface area contributed by atoms with Gasteiger partial charge in [0.15, 0.2) is 0 Å². The van der Waals surface area contributed by atoms with Crippen LogP contribution in [0.1, 0.15) is 23.7 Å². The van der Waals surface area contributed by atoms with E-state index >= 15 is 0 Å². The third kappa shape index (κ3) is 8.03. The van der Waals surface area contributed by atoms with E-state index < -0.39 is 6.10 Å². The first kappa shape index (κ1) is 31.6. The van der Waals surface area contributed by atoms with Crippen molar-refractivity contribution in [2.24, 2.45) is 0 Å².